The second kappa shape index (κ2) is 3.81. The zero-order valence-electron chi connectivity index (χ0n) is 9.49. The minimum absolute atomic E-state index is 0.197. The Kier molecular flexibility index (Phi) is 2.25. The first-order valence-corrected chi connectivity index (χ1v) is 5.41. The van der Waals surface area contributed by atoms with Gasteiger partial charge in [0.25, 0.3) is 0 Å². The second-order valence-electron chi connectivity index (χ2n) is 4.00. The maximum atomic E-state index is 11.3. The van der Waals surface area contributed by atoms with Gasteiger partial charge in [-0.2, -0.15) is 0 Å². The van der Waals surface area contributed by atoms with Crippen molar-refractivity contribution in [3.05, 3.63) is 52.1 Å². The third kappa shape index (κ3) is 1.54. The van der Waals surface area contributed by atoms with E-state index in [0.29, 0.717) is 5.39 Å². The SMILES string of the molecule is O=C(O)c1c([N+](=O)[O-])oc2ccc3ccccc3c12. The largest absolute Gasteiger partial charge is 0.477 e. The van der Waals surface area contributed by atoms with E-state index in [9.17, 15) is 20.0 Å². The summed E-state index contributed by atoms with van der Waals surface area (Å²) in [5.41, 5.74) is -0.209. The molecule has 1 heterocycles. The van der Waals surface area contributed by atoms with Gasteiger partial charge in [-0.05, 0) is 16.8 Å². The highest BCUT2D eigenvalue weighted by Crippen LogP contribution is 2.36. The summed E-state index contributed by atoms with van der Waals surface area (Å²) >= 11 is 0. The van der Waals surface area contributed by atoms with Gasteiger partial charge in [-0.15, -0.1) is 0 Å². The number of carboxylic acids is 1. The smallest absolute Gasteiger partial charge is 0.449 e. The highest BCUT2D eigenvalue weighted by Gasteiger charge is 2.30. The Morgan fingerprint density at radius 2 is 1.95 bits per heavy atom. The number of nitro groups is 1. The molecule has 19 heavy (non-hydrogen) atoms. The summed E-state index contributed by atoms with van der Waals surface area (Å²) in [4.78, 5) is 21.3. The van der Waals surface area contributed by atoms with Crippen LogP contribution < -0.4 is 0 Å². The van der Waals surface area contributed by atoms with E-state index < -0.39 is 22.3 Å². The minimum Gasteiger partial charge on any atom is -0.477 e. The molecule has 3 aromatic rings. The number of carbonyl (C=O) groups is 1. The molecule has 0 aliphatic carbocycles. The van der Waals surface area contributed by atoms with E-state index in [1.807, 2.05) is 6.07 Å². The maximum absolute atomic E-state index is 11.3. The third-order valence-electron chi connectivity index (χ3n) is 2.94. The maximum Gasteiger partial charge on any atom is 0.449 e. The molecule has 3 rings (SSSR count). The molecule has 6 nitrogen and oxygen atoms in total. The predicted octanol–water partition coefficient (Wildman–Crippen LogP) is 3.19. The summed E-state index contributed by atoms with van der Waals surface area (Å²) in [5.74, 6) is -2.11. The van der Waals surface area contributed by atoms with Gasteiger partial charge in [-0.25, -0.2) is 4.79 Å². The zero-order valence-corrected chi connectivity index (χ0v) is 9.49. The molecular formula is C13H7NO5. The average molecular weight is 257 g/mol. The van der Waals surface area contributed by atoms with Crippen LogP contribution in [0, 0.1) is 10.1 Å². The van der Waals surface area contributed by atoms with Gasteiger partial charge in [0.05, 0.1) is 5.39 Å². The first-order chi connectivity index (χ1) is 9.09. The van der Waals surface area contributed by atoms with Crippen molar-refractivity contribution >= 4 is 33.6 Å². The molecule has 0 spiro atoms. The number of fused-ring (bicyclic) bond motifs is 3. The summed E-state index contributed by atoms with van der Waals surface area (Å²) < 4.78 is 5.05. The van der Waals surface area contributed by atoms with Crippen molar-refractivity contribution in [2.45, 2.75) is 0 Å². The Bertz CT molecular complexity index is 834. The Morgan fingerprint density at radius 1 is 1.21 bits per heavy atom. The molecule has 0 saturated carbocycles. The molecular weight excluding hydrogens is 250 g/mol. The van der Waals surface area contributed by atoms with E-state index in [2.05, 4.69) is 0 Å². The lowest BCUT2D eigenvalue weighted by atomic mass is 10.0. The lowest BCUT2D eigenvalue weighted by Gasteiger charge is -1.98. The lowest BCUT2D eigenvalue weighted by molar-refractivity contribution is -0.401. The summed E-state index contributed by atoms with van der Waals surface area (Å²) in [5, 5.41) is 21.8. The minimum atomic E-state index is -1.37. The van der Waals surface area contributed by atoms with Crippen LogP contribution in [0.2, 0.25) is 0 Å². The van der Waals surface area contributed by atoms with Crippen molar-refractivity contribution in [3.8, 4) is 0 Å². The van der Waals surface area contributed by atoms with E-state index in [-0.39, 0.29) is 11.0 Å². The summed E-state index contributed by atoms with van der Waals surface area (Å²) in [6.45, 7) is 0. The van der Waals surface area contributed by atoms with E-state index in [4.69, 9.17) is 4.42 Å². The number of hydrogen-bond acceptors (Lipinski definition) is 4. The van der Waals surface area contributed by atoms with Crippen molar-refractivity contribution in [2.75, 3.05) is 0 Å². The molecule has 0 saturated heterocycles. The number of rotatable bonds is 2. The van der Waals surface area contributed by atoms with Crippen LogP contribution in [0.25, 0.3) is 21.7 Å². The fraction of sp³-hybridized carbons (Fsp3) is 0. The topological polar surface area (TPSA) is 93.6 Å². The standard InChI is InChI=1S/C13H7NO5/c15-13(16)11-10-8-4-2-1-3-7(8)5-6-9(10)19-12(11)14(17)18/h1-6H,(H,15,16). The highest BCUT2D eigenvalue weighted by molar-refractivity contribution is 6.17. The van der Waals surface area contributed by atoms with Crippen LogP contribution in [0.3, 0.4) is 0 Å². The van der Waals surface area contributed by atoms with Gasteiger partial charge in [-0.1, -0.05) is 30.3 Å². The molecule has 0 aliphatic rings. The van der Waals surface area contributed by atoms with Gasteiger partial charge < -0.3 is 9.52 Å². The number of benzene rings is 2. The van der Waals surface area contributed by atoms with E-state index in [1.54, 1.807) is 24.3 Å². The molecule has 0 amide bonds. The number of hydrogen-bond donors (Lipinski definition) is 1. The van der Waals surface area contributed by atoms with Gasteiger partial charge in [0.1, 0.15) is 10.5 Å². The van der Waals surface area contributed by atoms with Crippen LogP contribution in [-0.4, -0.2) is 16.0 Å². The average Bonchev–Trinajstić information content (AvgIpc) is 2.78. The van der Waals surface area contributed by atoms with Crippen LogP contribution in [0.5, 0.6) is 0 Å². The first-order valence-electron chi connectivity index (χ1n) is 5.41. The number of furan rings is 1. The van der Waals surface area contributed by atoms with Crippen molar-refractivity contribution in [2.24, 2.45) is 0 Å². The van der Waals surface area contributed by atoms with Gasteiger partial charge >= 0.3 is 11.9 Å². The third-order valence-corrected chi connectivity index (χ3v) is 2.94. The van der Waals surface area contributed by atoms with Gasteiger partial charge in [0.15, 0.2) is 5.56 Å². The number of carboxylic acid groups (broad SMARTS) is 1. The van der Waals surface area contributed by atoms with Gasteiger partial charge in [0, 0.05) is 0 Å². The molecule has 6 heteroatoms. The fourth-order valence-electron chi connectivity index (χ4n) is 2.18. The molecule has 0 radical (unpaired) electrons. The molecule has 94 valence electrons. The highest BCUT2D eigenvalue weighted by atomic mass is 16.6. The Balaban J connectivity index is 2.57. The van der Waals surface area contributed by atoms with Crippen LogP contribution in [-0.2, 0) is 0 Å². The molecule has 2 aromatic carbocycles. The van der Waals surface area contributed by atoms with Crippen molar-refractivity contribution in [1.82, 2.24) is 0 Å². The Morgan fingerprint density at radius 3 is 2.63 bits per heavy atom. The molecule has 0 bridgehead atoms. The summed E-state index contributed by atoms with van der Waals surface area (Å²) in [6, 6.07) is 10.3. The molecule has 0 atom stereocenters. The lowest BCUT2D eigenvalue weighted by Crippen LogP contribution is -1.99. The van der Waals surface area contributed by atoms with E-state index in [1.165, 1.54) is 6.07 Å². The Hall–Kier alpha value is -2.89. The predicted molar refractivity (Wildman–Crippen MR) is 67.3 cm³/mol. The Labute approximate surface area is 106 Å². The van der Waals surface area contributed by atoms with E-state index >= 15 is 0 Å². The monoisotopic (exact) mass is 257 g/mol. The number of nitrogens with zero attached hydrogens (tertiary/aromatic N) is 1. The van der Waals surface area contributed by atoms with Gasteiger partial charge in [0.2, 0.25) is 0 Å². The molecule has 1 aromatic heterocycles. The van der Waals surface area contributed by atoms with E-state index in [0.717, 1.165) is 5.39 Å². The first kappa shape index (κ1) is 11.2. The normalized spacial score (nSPS) is 10.9. The fourth-order valence-corrected chi connectivity index (χ4v) is 2.18. The van der Waals surface area contributed by atoms with Crippen LogP contribution >= 0.6 is 0 Å². The molecule has 0 aliphatic heterocycles. The number of aromatic carboxylic acids is 1. The summed E-state index contributed by atoms with van der Waals surface area (Å²) in [6.07, 6.45) is 0. The second-order valence-corrected chi connectivity index (χ2v) is 4.00. The van der Waals surface area contributed by atoms with Crippen molar-refractivity contribution in [3.63, 3.8) is 0 Å². The summed E-state index contributed by atoms with van der Waals surface area (Å²) in [7, 11) is 0. The van der Waals surface area contributed by atoms with Gasteiger partial charge in [-0.3, -0.25) is 10.1 Å². The zero-order chi connectivity index (χ0) is 13.6. The van der Waals surface area contributed by atoms with Crippen LogP contribution in [0.1, 0.15) is 10.4 Å². The molecule has 0 unspecified atom stereocenters. The quantitative estimate of drug-likeness (QED) is 0.562. The molecule has 0 fully saturated rings. The van der Waals surface area contributed by atoms with Crippen molar-refractivity contribution < 1.29 is 19.2 Å². The van der Waals surface area contributed by atoms with Crippen molar-refractivity contribution in [1.29, 1.82) is 0 Å². The molecule has 1 N–H and O–H groups in total. The van der Waals surface area contributed by atoms with Crippen LogP contribution in [0.4, 0.5) is 5.88 Å². The van der Waals surface area contributed by atoms with Crippen LogP contribution in [0.15, 0.2) is 40.8 Å².